The van der Waals surface area contributed by atoms with Crippen LogP contribution >= 0.6 is 0 Å². The van der Waals surface area contributed by atoms with Crippen LogP contribution in [0.1, 0.15) is 75.7 Å². The van der Waals surface area contributed by atoms with E-state index in [1.165, 1.54) is 0 Å². The van der Waals surface area contributed by atoms with E-state index < -0.39 is 11.5 Å². The molecule has 3 aromatic rings. The lowest BCUT2D eigenvalue weighted by atomic mass is 9.84. The largest absolute Gasteiger partial charge is 0.454 e. The molecule has 0 amide bonds. The zero-order valence-corrected chi connectivity index (χ0v) is 19.3. The van der Waals surface area contributed by atoms with E-state index in [9.17, 15) is 13.9 Å². The zero-order valence-electron chi connectivity index (χ0n) is 19.3. The number of hydrogen-bond donors (Lipinski definition) is 2. The first-order chi connectivity index (χ1) is 16.2. The van der Waals surface area contributed by atoms with Gasteiger partial charge in [-0.05, 0) is 57.7 Å². The Morgan fingerprint density at radius 2 is 1.82 bits per heavy atom. The fourth-order valence-corrected chi connectivity index (χ4v) is 4.25. The van der Waals surface area contributed by atoms with Crippen LogP contribution in [0.5, 0.6) is 11.5 Å². The normalized spacial score (nSPS) is 18.6. The van der Waals surface area contributed by atoms with Crippen LogP contribution in [0.2, 0.25) is 0 Å². The second-order valence-corrected chi connectivity index (χ2v) is 9.81. The van der Waals surface area contributed by atoms with Gasteiger partial charge in [-0.25, -0.2) is 13.8 Å². The highest BCUT2D eigenvalue weighted by Gasteiger charge is 2.38. The minimum absolute atomic E-state index is 0.0360. The summed E-state index contributed by atoms with van der Waals surface area (Å²) in [6.45, 7) is 3.36. The molecule has 0 spiro atoms. The van der Waals surface area contributed by atoms with Crippen LogP contribution in [0.25, 0.3) is 0 Å². The maximum atomic E-state index is 13.7. The molecule has 180 valence electrons. The summed E-state index contributed by atoms with van der Waals surface area (Å²) in [4.78, 5) is 8.58. The van der Waals surface area contributed by atoms with Crippen LogP contribution in [0, 0.1) is 0 Å². The summed E-state index contributed by atoms with van der Waals surface area (Å²) in [6.07, 6.45) is 7.89. The average Bonchev–Trinajstić information content (AvgIpc) is 3.55. The lowest BCUT2D eigenvalue weighted by Crippen LogP contribution is -2.24. The first-order valence-electron chi connectivity index (χ1n) is 11.7. The molecule has 7 nitrogen and oxygen atoms in total. The first-order valence-corrected chi connectivity index (χ1v) is 11.7. The third kappa shape index (κ3) is 5.19. The van der Waals surface area contributed by atoms with Crippen LogP contribution in [0.3, 0.4) is 0 Å². The molecular weight excluding hydrogens is 440 g/mol. The molecule has 2 aliphatic rings. The number of aromatic nitrogens is 4. The quantitative estimate of drug-likeness (QED) is 0.437. The predicted octanol–water partition coefficient (Wildman–Crippen LogP) is 6.06. The van der Waals surface area contributed by atoms with Crippen LogP contribution in [0.15, 0.2) is 42.9 Å². The lowest BCUT2D eigenvalue weighted by Gasteiger charge is -2.27. The lowest BCUT2D eigenvalue weighted by molar-refractivity contribution is -0.0386. The van der Waals surface area contributed by atoms with Crippen molar-refractivity contribution >= 4 is 11.5 Å². The average molecular weight is 470 g/mol. The second kappa shape index (κ2) is 8.61. The number of rotatable bonds is 7. The summed E-state index contributed by atoms with van der Waals surface area (Å²) in [5.74, 6) is -0.857. The van der Waals surface area contributed by atoms with E-state index in [4.69, 9.17) is 9.84 Å². The van der Waals surface area contributed by atoms with E-state index in [-0.39, 0.29) is 18.8 Å². The van der Waals surface area contributed by atoms with Crippen LogP contribution in [-0.4, -0.2) is 30.8 Å². The maximum Gasteiger partial charge on any atom is 0.248 e. The Morgan fingerprint density at radius 3 is 2.53 bits per heavy atom. The number of ether oxygens (including phenoxy) is 1. The molecule has 5 rings (SSSR count). The summed E-state index contributed by atoms with van der Waals surface area (Å²) in [7, 11) is 0. The number of anilines is 2. The summed E-state index contributed by atoms with van der Waals surface area (Å²) < 4.78 is 35.6. The van der Waals surface area contributed by atoms with Crippen molar-refractivity contribution < 1.29 is 18.6 Å². The van der Waals surface area contributed by atoms with E-state index in [0.29, 0.717) is 41.9 Å². The van der Waals surface area contributed by atoms with Crippen molar-refractivity contribution in [3.05, 3.63) is 54.2 Å². The van der Waals surface area contributed by atoms with Gasteiger partial charge in [0, 0.05) is 42.9 Å². The molecule has 0 saturated heterocycles. The Hall–Kier alpha value is -3.07. The minimum Gasteiger partial charge on any atom is -0.454 e. The fraction of sp³-hybridized carbons (Fsp3) is 0.480. The van der Waals surface area contributed by atoms with Gasteiger partial charge in [0.05, 0.1) is 17.9 Å². The Labute approximate surface area is 197 Å². The van der Waals surface area contributed by atoms with Gasteiger partial charge < -0.3 is 15.2 Å². The standard InChI is InChI=1S/C25H29F2N5O2/c1-24(2,33)21-13-17(7-11-28-21)30-22-14-19(8-12-29-22)34-20-15-32(18-3-4-18)31-23(20)16-5-9-25(26,27)10-6-16/h7-8,11-16,18,33H,3-6,9-10H2,1-2H3,(H,28,29,30). The Bertz CT molecular complexity index is 1160. The third-order valence-corrected chi connectivity index (χ3v) is 6.37. The van der Waals surface area contributed by atoms with Crippen molar-refractivity contribution in [2.24, 2.45) is 0 Å². The highest BCUT2D eigenvalue weighted by atomic mass is 19.3. The number of nitrogens with one attached hydrogen (secondary N) is 1. The summed E-state index contributed by atoms with van der Waals surface area (Å²) in [6, 6.07) is 7.46. The molecule has 2 aliphatic carbocycles. The topological polar surface area (TPSA) is 85.1 Å². The van der Waals surface area contributed by atoms with E-state index >= 15 is 0 Å². The number of pyridine rings is 2. The number of hydrogen-bond acceptors (Lipinski definition) is 6. The number of alkyl halides is 2. The van der Waals surface area contributed by atoms with E-state index in [0.717, 1.165) is 24.2 Å². The zero-order chi connectivity index (χ0) is 23.9. The number of aliphatic hydroxyl groups is 1. The van der Waals surface area contributed by atoms with Crippen molar-refractivity contribution in [3.8, 4) is 11.5 Å². The first kappa shape index (κ1) is 22.7. The van der Waals surface area contributed by atoms with Gasteiger partial charge in [0.25, 0.3) is 0 Å². The molecule has 3 heterocycles. The molecule has 2 fully saturated rings. The molecule has 0 atom stereocenters. The van der Waals surface area contributed by atoms with Crippen molar-refractivity contribution in [1.29, 1.82) is 0 Å². The molecular formula is C25H29F2N5O2. The van der Waals surface area contributed by atoms with Crippen molar-refractivity contribution in [2.45, 2.75) is 75.9 Å². The monoisotopic (exact) mass is 469 g/mol. The summed E-state index contributed by atoms with van der Waals surface area (Å²) >= 11 is 0. The second-order valence-electron chi connectivity index (χ2n) is 9.81. The van der Waals surface area contributed by atoms with Crippen molar-refractivity contribution in [2.75, 3.05) is 5.32 Å². The minimum atomic E-state index is -2.58. The molecule has 3 aromatic heterocycles. The van der Waals surface area contributed by atoms with E-state index in [2.05, 4.69) is 15.3 Å². The van der Waals surface area contributed by atoms with E-state index in [1.807, 2.05) is 10.9 Å². The Balaban J connectivity index is 1.36. The van der Waals surface area contributed by atoms with Gasteiger partial charge >= 0.3 is 0 Å². The van der Waals surface area contributed by atoms with Crippen molar-refractivity contribution in [3.63, 3.8) is 0 Å². The van der Waals surface area contributed by atoms with Gasteiger partial charge in [-0.1, -0.05) is 0 Å². The van der Waals surface area contributed by atoms with Gasteiger partial charge in [0.1, 0.15) is 22.9 Å². The smallest absolute Gasteiger partial charge is 0.248 e. The van der Waals surface area contributed by atoms with Gasteiger partial charge in [0.15, 0.2) is 5.75 Å². The Morgan fingerprint density at radius 1 is 1.09 bits per heavy atom. The maximum absolute atomic E-state index is 13.7. The molecule has 0 unspecified atom stereocenters. The molecule has 0 bridgehead atoms. The summed E-state index contributed by atoms with van der Waals surface area (Å²) in [5.41, 5.74) is 0.983. The third-order valence-electron chi connectivity index (χ3n) is 6.37. The molecule has 9 heteroatoms. The highest BCUT2D eigenvalue weighted by molar-refractivity contribution is 5.58. The van der Waals surface area contributed by atoms with E-state index in [1.54, 1.807) is 50.5 Å². The summed E-state index contributed by atoms with van der Waals surface area (Å²) in [5, 5.41) is 18.2. The Kier molecular flexibility index (Phi) is 5.75. The molecule has 34 heavy (non-hydrogen) atoms. The van der Waals surface area contributed by atoms with Crippen LogP contribution in [-0.2, 0) is 5.60 Å². The molecule has 2 N–H and O–H groups in total. The van der Waals surface area contributed by atoms with Gasteiger partial charge in [-0.2, -0.15) is 5.10 Å². The molecule has 0 aliphatic heterocycles. The molecule has 0 aromatic carbocycles. The number of halogens is 2. The SMILES string of the molecule is CC(C)(O)c1cc(Nc2cc(Oc3cn(C4CC4)nc3C3CCC(F)(F)CC3)ccn2)ccn1. The highest BCUT2D eigenvalue weighted by Crippen LogP contribution is 2.45. The van der Waals surface area contributed by atoms with Crippen molar-refractivity contribution in [1.82, 2.24) is 19.7 Å². The van der Waals surface area contributed by atoms with Gasteiger partial charge in [-0.3, -0.25) is 9.67 Å². The predicted molar refractivity (Wildman–Crippen MR) is 124 cm³/mol. The molecule has 0 radical (unpaired) electrons. The van der Waals surface area contributed by atoms with Gasteiger partial charge in [-0.15, -0.1) is 0 Å². The number of nitrogens with zero attached hydrogens (tertiary/aromatic N) is 4. The van der Waals surface area contributed by atoms with Crippen LogP contribution in [0.4, 0.5) is 20.3 Å². The molecule has 2 saturated carbocycles. The van der Waals surface area contributed by atoms with Crippen LogP contribution < -0.4 is 10.1 Å². The fourth-order valence-electron chi connectivity index (χ4n) is 4.25. The van der Waals surface area contributed by atoms with Gasteiger partial charge in [0.2, 0.25) is 5.92 Å².